The standard InChI is InChI=1S/C15H23N5O2/c1-9(2)14-18-17-13(22-14)8-20-7-5-6-12(10(20)3)15-19-16-11(4)21-15/h9-10,12H,5-8H2,1-4H3/t10-,12-/m0/s1. The van der Waals surface area contributed by atoms with E-state index < -0.39 is 0 Å². The van der Waals surface area contributed by atoms with Crippen LogP contribution >= 0.6 is 0 Å². The molecule has 1 aliphatic heterocycles. The molecule has 0 saturated carbocycles. The van der Waals surface area contributed by atoms with Crippen LogP contribution in [0.3, 0.4) is 0 Å². The summed E-state index contributed by atoms with van der Waals surface area (Å²) in [4.78, 5) is 2.35. The molecular formula is C15H23N5O2. The van der Waals surface area contributed by atoms with Crippen molar-refractivity contribution in [1.82, 2.24) is 25.3 Å². The molecule has 0 radical (unpaired) electrons. The van der Waals surface area contributed by atoms with Crippen molar-refractivity contribution in [2.75, 3.05) is 6.54 Å². The van der Waals surface area contributed by atoms with Crippen LogP contribution in [0.2, 0.25) is 0 Å². The molecule has 2 atom stereocenters. The third-order valence-corrected chi connectivity index (χ3v) is 4.29. The third-order valence-electron chi connectivity index (χ3n) is 4.29. The van der Waals surface area contributed by atoms with Gasteiger partial charge in [-0.3, -0.25) is 4.90 Å². The van der Waals surface area contributed by atoms with Gasteiger partial charge in [-0.05, 0) is 26.3 Å². The maximum atomic E-state index is 5.73. The van der Waals surface area contributed by atoms with Gasteiger partial charge in [-0.1, -0.05) is 13.8 Å². The van der Waals surface area contributed by atoms with Crippen molar-refractivity contribution in [2.45, 2.75) is 65.0 Å². The van der Waals surface area contributed by atoms with E-state index in [0.29, 0.717) is 30.3 Å². The molecule has 7 heteroatoms. The van der Waals surface area contributed by atoms with Gasteiger partial charge in [-0.25, -0.2) is 0 Å². The van der Waals surface area contributed by atoms with Gasteiger partial charge in [-0.15, -0.1) is 20.4 Å². The minimum Gasteiger partial charge on any atom is -0.425 e. The van der Waals surface area contributed by atoms with Gasteiger partial charge in [0, 0.05) is 18.9 Å². The van der Waals surface area contributed by atoms with Crippen molar-refractivity contribution in [3.8, 4) is 0 Å². The summed E-state index contributed by atoms with van der Waals surface area (Å²) in [6.07, 6.45) is 2.17. The van der Waals surface area contributed by atoms with Gasteiger partial charge in [0.2, 0.25) is 23.6 Å². The molecule has 3 heterocycles. The Balaban J connectivity index is 1.70. The molecule has 1 aliphatic rings. The Morgan fingerprint density at radius 1 is 1.18 bits per heavy atom. The minimum absolute atomic E-state index is 0.258. The maximum absolute atomic E-state index is 5.73. The molecular weight excluding hydrogens is 282 g/mol. The van der Waals surface area contributed by atoms with Crippen LogP contribution in [0.4, 0.5) is 0 Å². The molecule has 2 aromatic heterocycles. The molecule has 1 saturated heterocycles. The number of aromatic nitrogens is 4. The van der Waals surface area contributed by atoms with Crippen LogP contribution in [-0.4, -0.2) is 37.9 Å². The van der Waals surface area contributed by atoms with E-state index in [1.54, 1.807) is 0 Å². The summed E-state index contributed by atoms with van der Waals surface area (Å²) < 4.78 is 11.4. The number of aryl methyl sites for hydroxylation is 1. The number of hydrogen-bond acceptors (Lipinski definition) is 7. The number of piperidine rings is 1. The van der Waals surface area contributed by atoms with Gasteiger partial charge >= 0.3 is 0 Å². The monoisotopic (exact) mass is 305 g/mol. The molecule has 0 aromatic carbocycles. The zero-order valence-electron chi connectivity index (χ0n) is 13.6. The zero-order valence-corrected chi connectivity index (χ0v) is 13.6. The first-order valence-corrected chi connectivity index (χ1v) is 7.91. The first-order valence-electron chi connectivity index (χ1n) is 7.91. The van der Waals surface area contributed by atoms with Gasteiger partial charge in [0.1, 0.15) is 0 Å². The lowest BCUT2D eigenvalue weighted by Crippen LogP contribution is -2.41. The molecule has 22 heavy (non-hydrogen) atoms. The van der Waals surface area contributed by atoms with Crippen LogP contribution in [0.25, 0.3) is 0 Å². The number of rotatable bonds is 4. The third kappa shape index (κ3) is 3.04. The summed E-state index contributed by atoms with van der Waals surface area (Å²) in [5, 5.41) is 16.4. The van der Waals surface area contributed by atoms with E-state index in [9.17, 15) is 0 Å². The average molecular weight is 305 g/mol. The fraction of sp³-hybridized carbons (Fsp3) is 0.733. The van der Waals surface area contributed by atoms with Crippen LogP contribution in [0.15, 0.2) is 8.83 Å². The van der Waals surface area contributed by atoms with Crippen molar-refractivity contribution in [1.29, 1.82) is 0 Å². The number of nitrogens with zero attached hydrogens (tertiary/aromatic N) is 5. The Morgan fingerprint density at radius 2 is 2.00 bits per heavy atom. The Morgan fingerprint density at radius 3 is 2.64 bits per heavy atom. The fourth-order valence-corrected chi connectivity index (χ4v) is 2.97. The van der Waals surface area contributed by atoms with Crippen molar-refractivity contribution in [3.05, 3.63) is 23.6 Å². The Bertz CT molecular complexity index is 621. The molecule has 0 bridgehead atoms. The molecule has 0 amide bonds. The van der Waals surface area contributed by atoms with E-state index in [0.717, 1.165) is 25.3 Å². The van der Waals surface area contributed by atoms with E-state index in [4.69, 9.17) is 8.83 Å². The lowest BCUT2D eigenvalue weighted by atomic mass is 9.90. The van der Waals surface area contributed by atoms with Crippen LogP contribution in [-0.2, 0) is 6.54 Å². The fourth-order valence-electron chi connectivity index (χ4n) is 2.97. The minimum atomic E-state index is 0.258. The SMILES string of the molecule is Cc1nnc([C@H]2CCCN(Cc3nnc(C(C)C)o3)[C@H]2C)o1. The van der Waals surface area contributed by atoms with Crippen LogP contribution in [0.1, 0.15) is 69.0 Å². The highest BCUT2D eigenvalue weighted by atomic mass is 16.4. The van der Waals surface area contributed by atoms with Crippen LogP contribution in [0.5, 0.6) is 0 Å². The molecule has 0 aliphatic carbocycles. The molecule has 0 spiro atoms. The molecule has 0 N–H and O–H groups in total. The van der Waals surface area contributed by atoms with E-state index in [2.05, 4.69) is 46.1 Å². The van der Waals surface area contributed by atoms with Crippen molar-refractivity contribution in [2.24, 2.45) is 0 Å². The lowest BCUT2D eigenvalue weighted by Gasteiger charge is -2.36. The lowest BCUT2D eigenvalue weighted by molar-refractivity contribution is 0.108. The van der Waals surface area contributed by atoms with E-state index in [1.807, 2.05) is 6.92 Å². The molecule has 1 fully saturated rings. The first kappa shape index (κ1) is 15.1. The highest BCUT2D eigenvalue weighted by molar-refractivity contribution is 5.00. The highest BCUT2D eigenvalue weighted by Crippen LogP contribution is 2.32. The Hall–Kier alpha value is -1.76. The maximum Gasteiger partial charge on any atom is 0.230 e. The van der Waals surface area contributed by atoms with Gasteiger partial charge in [0.05, 0.1) is 12.5 Å². The summed E-state index contributed by atoms with van der Waals surface area (Å²) in [5.41, 5.74) is 0. The predicted molar refractivity (Wildman–Crippen MR) is 79.3 cm³/mol. The summed E-state index contributed by atoms with van der Waals surface area (Å²) >= 11 is 0. The van der Waals surface area contributed by atoms with E-state index in [1.165, 1.54) is 0 Å². The largest absolute Gasteiger partial charge is 0.425 e. The summed E-state index contributed by atoms with van der Waals surface area (Å²) in [6, 6.07) is 0.308. The second-order valence-corrected chi connectivity index (χ2v) is 6.31. The smallest absolute Gasteiger partial charge is 0.230 e. The van der Waals surface area contributed by atoms with Crippen molar-refractivity contribution in [3.63, 3.8) is 0 Å². The molecule has 7 nitrogen and oxygen atoms in total. The molecule has 120 valence electrons. The molecule has 0 unspecified atom stereocenters. The summed E-state index contributed by atoms with van der Waals surface area (Å²) in [7, 11) is 0. The quantitative estimate of drug-likeness (QED) is 0.858. The predicted octanol–water partition coefficient (Wildman–Crippen LogP) is 2.65. The molecule has 2 aromatic rings. The number of hydrogen-bond donors (Lipinski definition) is 0. The van der Waals surface area contributed by atoms with Gasteiger partial charge < -0.3 is 8.83 Å². The van der Waals surface area contributed by atoms with Crippen LogP contribution < -0.4 is 0 Å². The zero-order chi connectivity index (χ0) is 15.7. The van der Waals surface area contributed by atoms with Gasteiger partial charge in [0.25, 0.3) is 0 Å². The second kappa shape index (κ2) is 6.16. The average Bonchev–Trinajstić information content (AvgIpc) is 3.10. The number of likely N-dealkylation sites (tertiary alicyclic amines) is 1. The highest BCUT2D eigenvalue weighted by Gasteiger charge is 2.33. The Labute approximate surface area is 130 Å². The van der Waals surface area contributed by atoms with E-state index in [-0.39, 0.29) is 11.8 Å². The van der Waals surface area contributed by atoms with Gasteiger partial charge in [-0.2, -0.15) is 0 Å². The first-order chi connectivity index (χ1) is 10.5. The summed E-state index contributed by atoms with van der Waals surface area (Å²) in [5.74, 6) is 3.26. The van der Waals surface area contributed by atoms with Crippen molar-refractivity contribution >= 4 is 0 Å². The van der Waals surface area contributed by atoms with Crippen molar-refractivity contribution < 1.29 is 8.83 Å². The normalized spacial score (nSPS) is 23.3. The Kier molecular flexibility index (Phi) is 4.24. The summed E-state index contributed by atoms with van der Waals surface area (Å²) in [6.45, 7) is 9.81. The molecule has 3 rings (SSSR count). The van der Waals surface area contributed by atoms with Crippen LogP contribution in [0, 0.1) is 6.92 Å². The second-order valence-electron chi connectivity index (χ2n) is 6.31. The van der Waals surface area contributed by atoms with Gasteiger partial charge in [0.15, 0.2) is 0 Å². The van der Waals surface area contributed by atoms with E-state index >= 15 is 0 Å². The topological polar surface area (TPSA) is 81.1 Å².